The van der Waals surface area contributed by atoms with Gasteiger partial charge in [0.15, 0.2) is 11.6 Å². The average molecular weight is 1640 g/mol. The zero-order valence-corrected chi connectivity index (χ0v) is 69.7. The molecule has 0 saturated heterocycles. The number of hydrogen-bond acceptors (Lipinski definition) is 9. The summed E-state index contributed by atoms with van der Waals surface area (Å²) in [6, 6.07) is 67.0. The third-order valence-electron chi connectivity index (χ3n) is 25.0. The van der Waals surface area contributed by atoms with Crippen LogP contribution in [0.2, 0.25) is 5.02 Å². The fourth-order valence-electron chi connectivity index (χ4n) is 18.5. The number of nitrogens with one attached hydrogen (secondary N) is 6. The summed E-state index contributed by atoms with van der Waals surface area (Å²) in [4.78, 5) is 119. The van der Waals surface area contributed by atoms with Crippen molar-refractivity contribution < 1.29 is 13.2 Å². The topological polar surface area (TPSA) is 244 Å². The van der Waals surface area contributed by atoms with Gasteiger partial charge in [0.2, 0.25) is 0 Å². The second kappa shape index (κ2) is 40.5. The van der Waals surface area contributed by atoms with E-state index >= 15 is 0 Å². The highest BCUT2D eigenvalue weighted by atomic mass is 35.5. The Bertz CT molecular complexity index is 5990. The molecule has 17 nitrogen and oxygen atoms in total. The maximum atomic E-state index is 14.2. The fourth-order valence-corrected chi connectivity index (χ4v) is 18.7. The van der Waals surface area contributed by atoms with Gasteiger partial charge in [-0.15, -0.1) is 0 Å². The summed E-state index contributed by atoms with van der Waals surface area (Å²) in [7, 11) is 5.45. The Labute approximate surface area is 701 Å². The first kappa shape index (κ1) is 86.4. The second-order valence-electron chi connectivity index (χ2n) is 33.4. The standard InChI is InChI=1S/C28H35N3O2.C25H28N2O2.C23H22ClFN2O2.C23H22F2N2O2/c1-20-8-7-9-21(18-20)19-25-26(29-28(33)31(27(25)32)17-16-30(2)3)24-14-12-23(13-15-24)22-10-5-4-6-11-22;1-17-7-6-8-18(15-17)16-22-23(26-25(29)27(2)24(22)28)21-13-11-20(12-14-21)19-9-4-3-5-10-19;24-19-13-14(6-11-20(19)25)12-18-21(26-23(29)27-22(18)28)17-9-7-16(8-10-17)15-4-2-1-3-5-15;24-19-8-4-7-17(20(19)25)13-18-21(26-23(29)27-22(18)28)16-11-9-15(10-12-16)14-5-2-1-3-6-14/h4-11,18,23-24H,12-17,19H2,1-3H3,(H,29,33);3-10,15,20-21H,11-14,16H2,1-2H3,(H,26,29);1-6,11,13,16-17H,7-10,12H2,(H2,26,27,28,29);1-8,15-16H,9-13H2,(H2,26,27,28,29). The molecule has 0 aliphatic heterocycles. The van der Waals surface area contributed by atoms with Crippen molar-refractivity contribution in [3.05, 3.63) is 413 Å². The zero-order valence-electron chi connectivity index (χ0n) is 68.9. The number of benzene rings is 8. The molecule has 0 spiro atoms. The smallest absolute Gasteiger partial charge is 0.311 e. The summed E-state index contributed by atoms with van der Waals surface area (Å²) in [5, 5.41) is 0.0215. The largest absolute Gasteiger partial charge is 0.328 e. The van der Waals surface area contributed by atoms with Gasteiger partial charge in [0.25, 0.3) is 22.2 Å². The van der Waals surface area contributed by atoms with Gasteiger partial charge in [0, 0.05) is 90.8 Å². The number of rotatable bonds is 19. The maximum absolute atomic E-state index is 14.2. The molecule has 120 heavy (non-hydrogen) atoms. The number of aromatic amines is 6. The van der Waals surface area contributed by atoms with Crippen LogP contribution in [0.5, 0.6) is 0 Å². The highest BCUT2D eigenvalue weighted by Crippen LogP contribution is 2.45. The molecular weight excluding hydrogens is 1540 g/mol. The van der Waals surface area contributed by atoms with Crippen molar-refractivity contribution in [3.63, 3.8) is 0 Å². The van der Waals surface area contributed by atoms with Crippen LogP contribution >= 0.6 is 11.6 Å². The summed E-state index contributed by atoms with van der Waals surface area (Å²) in [6.07, 6.45) is 16.9. The van der Waals surface area contributed by atoms with E-state index in [2.05, 4.69) is 171 Å². The van der Waals surface area contributed by atoms with Crippen LogP contribution < -0.4 is 45.0 Å². The van der Waals surface area contributed by atoms with Crippen LogP contribution in [0.1, 0.15) is 251 Å². The van der Waals surface area contributed by atoms with Gasteiger partial charge in [0.1, 0.15) is 5.82 Å². The van der Waals surface area contributed by atoms with E-state index in [4.69, 9.17) is 11.6 Å². The van der Waals surface area contributed by atoms with Gasteiger partial charge in [0.05, 0.1) is 5.02 Å². The SMILES string of the molecule is Cc1cccc(Cc2c(C3CCC(c4ccccc4)CC3)[nH]c(=O)n(C)c2=O)c1.Cc1cccc(Cc2c(C3CCC(c4ccccc4)CC3)[nH]c(=O)n(CCN(C)C)c2=O)c1.O=c1[nH]c(C2CCC(c3ccccc3)CC2)c(Cc2ccc(F)c(Cl)c2)c(=O)[nH]1.O=c1[nH]c(C2CCC(c3ccccc3)CC2)c(Cc2cccc(F)c2F)c(=O)[nH]1. The highest BCUT2D eigenvalue weighted by Gasteiger charge is 2.33. The number of aryl methyl sites for hydroxylation is 2. The quantitative estimate of drug-likeness (QED) is 0.0450. The van der Waals surface area contributed by atoms with Gasteiger partial charge in [-0.3, -0.25) is 38.3 Å². The summed E-state index contributed by atoms with van der Waals surface area (Å²) >= 11 is 5.89. The van der Waals surface area contributed by atoms with E-state index in [1.807, 2.05) is 61.5 Å². The Kier molecular flexibility index (Phi) is 29.2. The van der Waals surface area contributed by atoms with Gasteiger partial charge in [-0.25, -0.2) is 32.3 Å². The lowest BCUT2D eigenvalue weighted by atomic mass is 9.76. The summed E-state index contributed by atoms with van der Waals surface area (Å²) < 4.78 is 43.8. The van der Waals surface area contributed by atoms with Gasteiger partial charge >= 0.3 is 22.8 Å². The Balaban J connectivity index is 0.000000138. The van der Waals surface area contributed by atoms with Crippen molar-refractivity contribution in [2.24, 2.45) is 7.05 Å². The molecule has 4 fully saturated rings. The molecule has 0 unspecified atom stereocenters. The third kappa shape index (κ3) is 21.9. The summed E-state index contributed by atoms with van der Waals surface area (Å²) in [5.74, 6) is 0.236. The van der Waals surface area contributed by atoms with Crippen LogP contribution in [0.15, 0.2) is 245 Å². The van der Waals surface area contributed by atoms with Gasteiger partial charge in [-0.1, -0.05) is 211 Å². The summed E-state index contributed by atoms with van der Waals surface area (Å²) in [5.41, 5.74) is 13.2. The Morgan fingerprint density at radius 2 is 0.708 bits per heavy atom. The Morgan fingerprint density at radius 1 is 0.358 bits per heavy atom. The Hall–Kier alpha value is -11.5. The molecule has 4 saturated carbocycles. The molecule has 21 heteroatoms. The number of H-pyrrole nitrogens is 6. The lowest BCUT2D eigenvalue weighted by Gasteiger charge is -2.30. The van der Waals surface area contributed by atoms with Crippen molar-refractivity contribution in [2.45, 2.75) is 196 Å². The van der Waals surface area contributed by atoms with Gasteiger partial charge < -0.3 is 24.8 Å². The van der Waals surface area contributed by atoms with Crippen LogP contribution in [0.4, 0.5) is 13.2 Å². The van der Waals surface area contributed by atoms with Crippen molar-refractivity contribution in [1.29, 1.82) is 0 Å². The highest BCUT2D eigenvalue weighted by molar-refractivity contribution is 6.30. The molecule has 4 heterocycles. The minimum absolute atomic E-state index is 0.0107. The van der Waals surface area contributed by atoms with Crippen molar-refractivity contribution in [2.75, 3.05) is 20.6 Å². The van der Waals surface area contributed by atoms with E-state index in [9.17, 15) is 51.5 Å². The molecule has 0 radical (unpaired) electrons. The van der Waals surface area contributed by atoms with E-state index in [-0.39, 0.29) is 63.2 Å². The first-order valence-electron chi connectivity index (χ1n) is 42.2. The Morgan fingerprint density at radius 3 is 1.10 bits per heavy atom. The van der Waals surface area contributed by atoms with Crippen LogP contribution in [0.3, 0.4) is 0 Å². The number of aromatic nitrogens is 8. The predicted molar refractivity (Wildman–Crippen MR) is 470 cm³/mol. The first-order chi connectivity index (χ1) is 58.0. The number of nitrogens with zero attached hydrogens (tertiary/aromatic N) is 3. The molecule has 4 aliphatic rings. The molecule has 16 rings (SSSR count). The van der Waals surface area contributed by atoms with Gasteiger partial charge in [-0.05, 0) is 241 Å². The molecule has 6 N–H and O–H groups in total. The van der Waals surface area contributed by atoms with Crippen molar-refractivity contribution >= 4 is 11.6 Å². The summed E-state index contributed by atoms with van der Waals surface area (Å²) in [6.45, 7) is 5.16. The van der Waals surface area contributed by atoms with E-state index < -0.39 is 39.9 Å². The lowest BCUT2D eigenvalue weighted by molar-refractivity contribution is 0.369. The first-order valence-corrected chi connectivity index (χ1v) is 42.6. The predicted octanol–water partition coefficient (Wildman–Crippen LogP) is 18.1. The number of halogens is 4. The van der Waals surface area contributed by atoms with E-state index in [0.29, 0.717) is 78.5 Å². The van der Waals surface area contributed by atoms with Crippen LogP contribution in [0, 0.1) is 31.3 Å². The van der Waals surface area contributed by atoms with E-state index in [0.717, 1.165) is 148 Å². The molecular formula is C99H107ClF3N9O8. The fraction of sp³-hybridized carbons (Fsp3) is 0.354. The van der Waals surface area contributed by atoms with Crippen LogP contribution in [-0.2, 0) is 39.3 Å². The molecule has 0 atom stereocenters. The minimum Gasteiger partial charge on any atom is -0.311 e. The monoisotopic (exact) mass is 1640 g/mol. The zero-order chi connectivity index (χ0) is 84.5. The molecule has 0 bridgehead atoms. The lowest BCUT2D eigenvalue weighted by Crippen LogP contribution is -2.41. The van der Waals surface area contributed by atoms with Crippen molar-refractivity contribution in [1.82, 2.24) is 43.9 Å². The molecule has 4 aromatic heterocycles. The van der Waals surface area contributed by atoms with E-state index in [1.165, 1.54) is 66.8 Å². The second-order valence-corrected chi connectivity index (χ2v) is 33.8. The number of hydrogen-bond donors (Lipinski definition) is 6. The van der Waals surface area contributed by atoms with Gasteiger partial charge in [-0.2, -0.15) is 0 Å². The normalized spacial score (nSPS) is 19.1. The molecule has 12 aromatic rings. The molecule has 0 amide bonds. The van der Waals surface area contributed by atoms with Crippen molar-refractivity contribution in [3.8, 4) is 0 Å². The van der Waals surface area contributed by atoms with E-state index in [1.54, 1.807) is 13.1 Å². The third-order valence-corrected chi connectivity index (χ3v) is 25.3. The maximum Gasteiger partial charge on any atom is 0.328 e. The molecule has 4 aliphatic carbocycles. The average Bonchev–Trinajstić information content (AvgIpc) is 0.781. The molecule has 624 valence electrons. The number of likely N-dealkylation sites (N-methyl/N-ethyl adjacent to an activating group) is 1. The minimum atomic E-state index is -0.961. The van der Waals surface area contributed by atoms with Crippen LogP contribution in [-0.4, -0.2) is 64.6 Å². The van der Waals surface area contributed by atoms with Crippen LogP contribution in [0.25, 0.3) is 0 Å². The molecule has 8 aromatic carbocycles.